The Morgan fingerprint density at radius 2 is 1.75 bits per heavy atom. The number of rotatable bonds is 5. The van der Waals surface area contributed by atoms with E-state index in [1.807, 2.05) is 47.4 Å². The van der Waals surface area contributed by atoms with Crippen LogP contribution in [-0.4, -0.2) is 55.0 Å². The van der Waals surface area contributed by atoms with Gasteiger partial charge in [0.1, 0.15) is 12.4 Å². The van der Waals surface area contributed by atoms with Crippen LogP contribution in [0.15, 0.2) is 54.6 Å². The minimum atomic E-state index is 0.0534. The molecular formula is C19H21ClN2O2. The van der Waals surface area contributed by atoms with Crippen molar-refractivity contribution in [1.82, 2.24) is 9.80 Å². The number of nitrogens with zero attached hydrogens (tertiary/aromatic N) is 2. The SMILES string of the molecule is O=C(c1cccc(Cl)c1)N1CCN(CCOc2ccccc2)CC1. The monoisotopic (exact) mass is 344 g/mol. The molecule has 2 aromatic rings. The Balaban J connectivity index is 1.43. The normalized spacial score (nSPS) is 15.3. The Morgan fingerprint density at radius 1 is 1.00 bits per heavy atom. The van der Waals surface area contributed by atoms with Crippen LogP contribution >= 0.6 is 11.6 Å². The zero-order valence-electron chi connectivity index (χ0n) is 13.5. The van der Waals surface area contributed by atoms with Crippen molar-refractivity contribution in [3.63, 3.8) is 0 Å². The third-order valence-corrected chi connectivity index (χ3v) is 4.39. The molecule has 1 aliphatic rings. The van der Waals surface area contributed by atoms with Gasteiger partial charge in [-0.1, -0.05) is 35.9 Å². The van der Waals surface area contributed by atoms with Gasteiger partial charge in [-0.2, -0.15) is 0 Å². The number of para-hydroxylation sites is 1. The van der Waals surface area contributed by atoms with Crippen molar-refractivity contribution in [3.05, 3.63) is 65.2 Å². The topological polar surface area (TPSA) is 32.8 Å². The van der Waals surface area contributed by atoms with Crippen molar-refractivity contribution >= 4 is 17.5 Å². The van der Waals surface area contributed by atoms with Crippen molar-refractivity contribution in [2.24, 2.45) is 0 Å². The van der Waals surface area contributed by atoms with Crippen molar-refractivity contribution in [1.29, 1.82) is 0 Å². The van der Waals surface area contributed by atoms with Crippen LogP contribution in [-0.2, 0) is 0 Å². The molecule has 126 valence electrons. The summed E-state index contributed by atoms with van der Waals surface area (Å²) in [4.78, 5) is 16.7. The van der Waals surface area contributed by atoms with Gasteiger partial charge in [-0.25, -0.2) is 0 Å². The first kappa shape index (κ1) is 16.8. The first-order valence-electron chi connectivity index (χ1n) is 8.17. The van der Waals surface area contributed by atoms with Crippen molar-refractivity contribution in [2.75, 3.05) is 39.3 Å². The third kappa shape index (κ3) is 4.49. The van der Waals surface area contributed by atoms with Crippen LogP contribution in [0.4, 0.5) is 0 Å². The van der Waals surface area contributed by atoms with Gasteiger partial charge in [0, 0.05) is 43.3 Å². The number of amides is 1. The number of ether oxygens (including phenoxy) is 1. The molecule has 0 spiro atoms. The molecule has 1 heterocycles. The molecule has 5 heteroatoms. The number of piperazine rings is 1. The molecule has 0 N–H and O–H groups in total. The Morgan fingerprint density at radius 3 is 2.46 bits per heavy atom. The molecule has 0 unspecified atom stereocenters. The molecule has 0 radical (unpaired) electrons. The van der Waals surface area contributed by atoms with E-state index >= 15 is 0 Å². The Kier molecular flexibility index (Phi) is 5.72. The maximum Gasteiger partial charge on any atom is 0.253 e. The summed E-state index contributed by atoms with van der Waals surface area (Å²) in [7, 11) is 0. The van der Waals surface area contributed by atoms with Crippen LogP contribution in [0.25, 0.3) is 0 Å². The van der Waals surface area contributed by atoms with Crippen molar-refractivity contribution in [2.45, 2.75) is 0 Å². The third-order valence-electron chi connectivity index (χ3n) is 4.15. The number of carbonyl (C=O) groups excluding carboxylic acids is 1. The number of hydrogen-bond acceptors (Lipinski definition) is 3. The highest BCUT2D eigenvalue weighted by molar-refractivity contribution is 6.30. The van der Waals surface area contributed by atoms with E-state index in [1.54, 1.807) is 12.1 Å². The minimum absolute atomic E-state index is 0.0534. The molecule has 4 nitrogen and oxygen atoms in total. The van der Waals surface area contributed by atoms with E-state index in [9.17, 15) is 4.79 Å². The van der Waals surface area contributed by atoms with Crippen molar-refractivity contribution in [3.8, 4) is 5.75 Å². The summed E-state index contributed by atoms with van der Waals surface area (Å²) in [5, 5.41) is 0.595. The average Bonchev–Trinajstić information content (AvgIpc) is 2.63. The van der Waals surface area contributed by atoms with Gasteiger partial charge < -0.3 is 9.64 Å². The summed E-state index contributed by atoms with van der Waals surface area (Å²) < 4.78 is 5.73. The molecule has 0 saturated carbocycles. The predicted molar refractivity (Wildman–Crippen MR) is 95.7 cm³/mol. The van der Waals surface area contributed by atoms with E-state index in [2.05, 4.69) is 4.90 Å². The number of carbonyl (C=O) groups is 1. The van der Waals surface area contributed by atoms with E-state index in [0.717, 1.165) is 38.5 Å². The van der Waals surface area contributed by atoms with Crippen LogP contribution in [0, 0.1) is 0 Å². The quantitative estimate of drug-likeness (QED) is 0.835. The van der Waals surface area contributed by atoms with E-state index in [1.165, 1.54) is 0 Å². The van der Waals surface area contributed by atoms with E-state index in [0.29, 0.717) is 17.2 Å². The fourth-order valence-electron chi connectivity index (χ4n) is 2.79. The fourth-order valence-corrected chi connectivity index (χ4v) is 2.98. The molecule has 0 bridgehead atoms. The lowest BCUT2D eigenvalue weighted by Crippen LogP contribution is -2.49. The van der Waals surface area contributed by atoms with Crippen LogP contribution in [0.5, 0.6) is 5.75 Å². The number of halogens is 1. The summed E-state index contributed by atoms with van der Waals surface area (Å²) in [5.74, 6) is 0.949. The summed E-state index contributed by atoms with van der Waals surface area (Å²) in [6.07, 6.45) is 0. The zero-order chi connectivity index (χ0) is 16.8. The second kappa shape index (κ2) is 8.18. The van der Waals surface area contributed by atoms with Crippen LogP contribution in [0.1, 0.15) is 10.4 Å². The Bertz CT molecular complexity index is 670. The summed E-state index contributed by atoms with van der Waals surface area (Å²) in [5.41, 5.74) is 0.656. The smallest absolute Gasteiger partial charge is 0.253 e. The first-order valence-corrected chi connectivity index (χ1v) is 8.55. The van der Waals surface area contributed by atoms with Crippen LogP contribution in [0.3, 0.4) is 0 Å². The molecule has 1 amide bonds. The molecule has 3 rings (SSSR count). The highest BCUT2D eigenvalue weighted by Crippen LogP contribution is 2.14. The summed E-state index contributed by atoms with van der Waals surface area (Å²) >= 11 is 5.97. The lowest BCUT2D eigenvalue weighted by atomic mass is 10.2. The average molecular weight is 345 g/mol. The van der Waals surface area contributed by atoms with E-state index < -0.39 is 0 Å². The van der Waals surface area contributed by atoms with Gasteiger partial charge in [0.25, 0.3) is 5.91 Å². The molecule has 24 heavy (non-hydrogen) atoms. The standard InChI is InChI=1S/C19H21ClN2O2/c20-17-6-4-5-16(15-17)19(23)22-11-9-21(10-12-22)13-14-24-18-7-2-1-3-8-18/h1-8,15H,9-14H2. The Hall–Kier alpha value is -2.04. The number of hydrogen-bond donors (Lipinski definition) is 0. The molecule has 1 fully saturated rings. The predicted octanol–water partition coefficient (Wildman–Crippen LogP) is 3.18. The van der Waals surface area contributed by atoms with Crippen LogP contribution < -0.4 is 4.74 Å². The second-order valence-corrected chi connectivity index (χ2v) is 6.24. The van der Waals surface area contributed by atoms with Gasteiger partial charge in [-0.15, -0.1) is 0 Å². The van der Waals surface area contributed by atoms with Gasteiger partial charge in [0.05, 0.1) is 0 Å². The van der Waals surface area contributed by atoms with E-state index in [4.69, 9.17) is 16.3 Å². The van der Waals surface area contributed by atoms with Gasteiger partial charge in [0.15, 0.2) is 0 Å². The molecule has 0 aromatic heterocycles. The second-order valence-electron chi connectivity index (χ2n) is 5.81. The fraction of sp³-hybridized carbons (Fsp3) is 0.316. The van der Waals surface area contributed by atoms with Gasteiger partial charge in [0.2, 0.25) is 0 Å². The Labute approximate surface area is 147 Å². The molecule has 2 aromatic carbocycles. The van der Waals surface area contributed by atoms with Crippen LogP contribution in [0.2, 0.25) is 5.02 Å². The highest BCUT2D eigenvalue weighted by atomic mass is 35.5. The lowest BCUT2D eigenvalue weighted by Gasteiger charge is -2.34. The zero-order valence-corrected chi connectivity index (χ0v) is 14.3. The largest absolute Gasteiger partial charge is 0.492 e. The summed E-state index contributed by atoms with van der Waals surface area (Å²) in [6.45, 7) is 4.72. The molecular weight excluding hydrogens is 324 g/mol. The summed E-state index contributed by atoms with van der Waals surface area (Å²) in [6, 6.07) is 17.0. The molecule has 0 aliphatic carbocycles. The molecule has 1 saturated heterocycles. The van der Waals surface area contributed by atoms with Crippen molar-refractivity contribution < 1.29 is 9.53 Å². The maximum atomic E-state index is 12.5. The lowest BCUT2D eigenvalue weighted by molar-refractivity contribution is 0.0620. The highest BCUT2D eigenvalue weighted by Gasteiger charge is 2.22. The van der Waals surface area contributed by atoms with Gasteiger partial charge in [-0.3, -0.25) is 9.69 Å². The minimum Gasteiger partial charge on any atom is -0.492 e. The maximum absolute atomic E-state index is 12.5. The van der Waals surface area contributed by atoms with Gasteiger partial charge in [-0.05, 0) is 30.3 Å². The molecule has 1 aliphatic heterocycles. The molecule has 0 atom stereocenters. The van der Waals surface area contributed by atoms with Gasteiger partial charge >= 0.3 is 0 Å². The van der Waals surface area contributed by atoms with E-state index in [-0.39, 0.29) is 5.91 Å². The first-order chi connectivity index (χ1) is 11.7. The number of benzene rings is 2.